The standard InChI is InChI=1S/C16H25N/c1-12(17-4)11-16(2,3)15-9-8-13-6-5-7-14(13)10-15/h8-10,12,17H,5-7,11H2,1-4H3. The second kappa shape index (κ2) is 4.81. The highest BCUT2D eigenvalue weighted by Crippen LogP contribution is 2.32. The van der Waals surface area contributed by atoms with Crippen molar-refractivity contribution < 1.29 is 0 Å². The minimum absolute atomic E-state index is 0.264. The number of hydrogen-bond donors (Lipinski definition) is 1. The Morgan fingerprint density at radius 1 is 1.24 bits per heavy atom. The fourth-order valence-electron chi connectivity index (χ4n) is 2.98. The van der Waals surface area contributed by atoms with Crippen LogP contribution in [0.1, 0.15) is 50.3 Å². The predicted octanol–water partition coefficient (Wildman–Crippen LogP) is 3.45. The lowest BCUT2D eigenvalue weighted by Crippen LogP contribution is -2.30. The fraction of sp³-hybridized carbons (Fsp3) is 0.625. The number of hydrogen-bond acceptors (Lipinski definition) is 1. The van der Waals surface area contributed by atoms with E-state index in [0.29, 0.717) is 6.04 Å². The summed E-state index contributed by atoms with van der Waals surface area (Å²) in [7, 11) is 2.05. The molecule has 0 saturated heterocycles. The zero-order valence-corrected chi connectivity index (χ0v) is 11.6. The molecular weight excluding hydrogens is 206 g/mol. The van der Waals surface area contributed by atoms with Crippen molar-refractivity contribution in [2.75, 3.05) is 7.05 Å². The fourth-order valence-corrected chi connectivity index (χ4v) is 2.98. The first-order valence-corrected chi connectivity index (χ1v) is 6.82. The number of benzene rings is 1. The van der Waals surface area contributed by atoms with Gasteiger partial charge in [-0.1, -0.05) is 32.0 Å². The molecule has 1 nitrogen and oxygen atoms in total. The minimum atomic E-state index is 0.264. The van der Waals surface area contributed by atoms with Gasteiger partial charge in [0.05, 0.1) is 0 Å². The van der Waals surface area contributed by atoms with Crippen molar-refractivity contribution in [1.29, 1.82) is 0 Å². The van der Waals surface area contributed by atoms with Gasteiger partial charge in [0.15, 0.2) is 0 Å². The highest BCUT2D eigenvalue weighted by atomic mass is 14.9. The first kappa shape index (κ1) is 12.6. The monoisotopic (exact) mass is 231 g/mol. The van der Waals surface area contributed by atoms with Gasteiger partial charge in [-0.2, -0.15) is 0 Å². The quantitative estimate of drug-likeness (QED) is 0.837. The van der Waals surface area contributed by atoms with E-state index < -0.39 is 0 Å². The molecule has 0 heterocycles. The van der Waals surface area contributed by atoms with Crippen molar-refractivity contribution in [3.63, 3.8) is 0 Å². The van der Waals surface area contributed by atoms with E-state index in [9.17, 15) is 0 Å². The van der Waals surface area contributed by atoms with E-state index in [1.54, 1.807) is 11.1 Å². The van der Waals surface area contributed by atoms with Gasteiger partial charge in [-0.05, 0) is 61.8 Å². The summed E-state index contributed by atoms with van der Waals surface area (Å²) in [4.78, 5) is 0. The average Bonchev–Trinajstić information content (AvgIpc) is 2.75. The highest BCUT2D eigenvalue weighted by Gasteiger charge is 2.24. The molecule has 0 fully saturated rings. The maximum absolute atomic E-state index is 3.34. The molecule has 1 aliphatic carbocycles. The van der Waals surface area contributed by atoms with Crippen LogP contribution in [-0.2, 0) is 18.3 Å². The summed E-state index contributed by atoms with van der Waals surface area (Å²) in [6, 6.07) is 7.71. The van der Waals surface area contributed by atoms with Crippen molar-refractivity contribution in [2.24, 2.45) is 0 Å². The Morgan fingerprint density at radius 2 is 1.94 bits per heavy atom. The topological polar surface area (TPSA) is 12.0 Å². The number of nitrogens with one attached hydrogen (secondary N) is 1. The van der Waals surface area contributed by atoms with Gasteiger partial charge in [0.1, 0.15) is 0 Å². The van der Waals surface area contributed by atoms with Crippen LogP contribution >= 0.6 is 0 Å². The molecule has 0 aromatic heterocycles. The van der Waals surface area contributed by atoms with Crippen molar-refractivity contribution in [2.45, 2.75) is 57.9 Å². The van der Waals surface area contributed by atoms with Gasteiger partial charge in [0.25, 0.3) is 0 Å². The second-order valence-electron chi connectivity index (χ2n) is 6.11. The first-order valence-electron chi connectivity index (χ1n) is 6.82. The van der Waals surface area contributed by atoms with Crippen molar-refractivity contribution >= 4 is 0 Å². The molecule has 0 aliphatic heterocycles. The predicted molar refractivity (Wildman–Crippen MR) is 74.6 cm³/mol. The van der Waals surface area contributed by atoms with Crippen molar-refractivity contribution in [1.82, 2.24) is 5.32 Å². The van der Waals surface area contributed by atoms with Crippen LogP contribution in [0, 0.1) is 0 Å². The molecule has 1 N–H and O–H groups in total. The van der Waals surface area contributed by atoms with Crippen molar-refractivity contribution in [3.05, 3.63) is 34.9 Å². The van der Waals surface area contributed by atoms with E-state index in [1.807, 2.05) is 7.05 Å². The van der Waals surface area contributed by atoms with Gasteiger partial charge < -0.3 is 5.32 Å². The SMILES string of the molecule is CNC(C)CC(C)(C)c1ccc2c(c1)CCC2. The molecule has 0 saturated carbocycles. The molecule has 1 heteroatoms. The Bertz CT molecular complexity index is 393. The third kappa shape index (κ3) is 2.71. The van der Waals surface area contributed by atoms with Crippen LogP contribution in [0.3, 0.4) is 0 Å². The van der Waals surface area contributed by atoms with Crippen LogP contribution < -0.4 is 5.32 Å². The maximum atomic E-state index is 3.34. The highest BCUT2D eigenvalue weighted by molar-refractivity contribution is 5.38. The van der Waals surface area contributed by atoms with Gasteiger partial charge in [-0.3, -0.25) is 0 Å². The minimum Gasteiger partial charge on any atom is -0.317 e. The van der Waals surface area contributed by atoms with E-state index in [1.165, 1.54) is 31.2 Å². The molecule has 1 aliphatic rings. The molecule has 0 amide bonds. The lowest BCUT2D eigenvalue weighted by Gasteiger charge is -2.29. The largest absolute Gasteiger partial charge is 0.317 e. The summed E-state index contributed by atoms with van der Waals surface area (Å²) in [5.74, 6) is 0. The van der Waals surface area contributed by atoms with E-state index >= 15 is 0 Å². The number of rotatable bonds is 4. The summed E-state index contributed by atoms with van der Waals surface area (Å²) in [6.07, 6.45) is 5.08. The molecule has 17 heavy (non-hydrogen) atoms. The summed E-state index contributed by atoms with van der Waals surface area (Å²) >= 11 is 0. The number of fused-ring (bicyclic) bond motifs is 1. The molecule has 0 spiro atoms. The molecule has 2 rings (SSSR count). The van der Waals surface area contributed by atoms with Crippen LogP contribution in [0.15, 0.2) is 18.2 Å². The van der Waals surface area contributed by atoms with E-state index in [-0.39, 0.29) is 5.41 Å². The molecule has 1 aromatic carbocycles. The van der Waals surface area contributed by atoms with Gasteiger partial charge in [0, 0.05) is 6.04 Å². The zero-order valence-electron chi connectivity index (χ0n) is 11.6. The third-order valence-electron chi connectivity index (χ3n) is 4.19. The van der Waals surface area contributed by atoms with Gasteiger partial charge in [0.2, 0.25) is 0 Å². The average molecular weight is 231 g/mol. The Balaban J connectivity index is 2.21. The van der Waals surface area contributed by atoms with Gasteiger partial charge >= 0.3 is 0 Å². The van der Waals surface area contributed by atoms with Crippen LogP contribution in [0.4, 0.5) is 0 Å². The molecule has 0 radical (unpaired) electrons. The molecule has 1 atom stereocenters. The van der Waals surface area contributed by atoms with E-state index in [2.05, 4.69) is 44.3 Å². The van der Waals surface area contributed by atoms with Gasteiger partial charge in [-0.15, -0.1) is 0 Å². The molecule has 0 bridgehead atoms. The lowest BCUT2D eigenvalue weighted by molar-refractivity contribution is 0.405. The zero-order chi connectivity index (χ0) is 12.5. The Kier molecular flexibility index (Phi) is 3.58. The Labute approximate surface area is 106 Å². The number of aryl methyl sites for hydroxylation is 2. The second-order valence-corrected chi connectivity index (χ2v) is 6.11. The Hall–Kier alpha value is -0.820. The maximum Gasteiger partial charge on any atom is 0.00440 e. The molecular formula is C16H25N. The summed E-state index contributed by atoms with van der Waals surface area (Å²) in [5, 5.41) is 3.34. The molecule has 1 aromatic rings. The normalized spacial score (nSPS) is 16.9. The summed E-state index contributed by atoms with van der Waals surface area (Å²) in [5.41, 5.74) is 4.93. The van der Waals surface area contributed by atoms with Crippen LogP contribution in [0.2, 0.25) is 0 Å². The smallest absolute Gasteiger partial charge is 0.00440 e. The van der Waals surface area contributed by atoms with Crippen molar-refractivity contribution in [3.8, 4) is 0 Å². The first-order chi connectivity index (χ1) is 8.03. The summed E-state index contributed by atoms with van der Waals surface area (Å²) in [6.45, 7) is 6.98. The van der Waals surface area contributed by atoms with Crippen LogP contribution in [0.5, 0.6) is 0 Å². The summed E-state index contributed by atoms with van der Waals surface area (Å²) < 4.78 is 0. The van der Waals surface area contributed by atoms with Gasteiger partial charge in [-0.25, -0.2) is 0 Å². The Morgan fingerprint density at radius 3 is 2.65 bits per heavy atom. The van der Waals surface area contributed by atoms with Crippen LogP contribution in [0.25, 0.3) is 0 Å². The van der Waals surface area contributed by atoms with E-state index in [0.717, 1.165) is 0 Å². The lowest BCUT2D eigenvalue weighted by atomic mass is 9.78. The molecule has 94 valence electrons. The molecule has 1 unspecified atom stereocenters. The third-order valence-corrected chi connectivity index (χ3v) is 4.19. The van der Waals surface area contributed by atoms with Crippen LogP contribution in [-0.4, -0.2) is 13.1 Å². The van der Waals surface area contributed by atoms with E-state index in [4.69, 9.17) is 0 Å².